The number of esters is 1. The van der Waals surface area contributed by atoms with Gasteiger partial charge in [-0.2, -0.15) is 8.78 Å². The number of benzene rings is 1. The van der Waals surface area contributed by atoms with Gasteiger partial charge in [-0.15, -0.1) is 24.0 Å². The van der Waals surface area contributed by atoms with Gasteiger partial charge in [0.1, 0.15) is 0 Å². The number of para-hydroxylation sites is 1. The minimum Gasteiger partial charge on any atom is -0.490 e. The molecule has 0 unspecified atom stereocenters. The number of carbonyl (C=O) groups is 1. The normalized spacial score (nSPS) is 10.9. The quantitative estimate of drug-likeness (QED) is 0.128. The van der Waals surface area contributed by atoms with E-state index in [-0.39, 0.29) is 48.0 Å². The van der Waals surface area contributed by atoms with Crippen LogP contribution >= 0.6 is 24.0 Å². The zero-order valence-electron chi connectivity index (χ0n) is 17.7. The van der Waals surface area contributed by atoms with Crippen LogP contribution in [0.15, 0.2) is 23.2 Å². The van der Waals surface area contributed by atoms with Gasteiger partial charge in [-0.1, -0.05) is 18.6 Å². The van der Waals surface area contributed by atoms with E-state index in [0.717, 1.165) is 19.3 Å². The van der Waals surface area contributed by atoms with Gasteiger partial charge in [0.15, 0.2) is 17.5 Å². The Morgan fingerprint density at radius 1 is 1.17 bits per heavy atom. The molecule has 0 aliphatic rings. The van der Waals surface area contributed by atoms with Crippen molar-refractivity contribution in [2.24, 2.45) is 4.99 Å². The highest BCUT2D eigenvalue weighted by Crippen LogP contribution is 2.33. The van der Waals surface area contributed by atoms with Gasteiger partial charge >= 0.3 is 12.6 Å². The molecule has 30 heavy (non-hydrogen) atoms. The van der Waals surface area contributed by atoms with Gasteiger partial charge < -0.3 is 24.8 Å². The lowest BCUT2D eigenvalue weighted by Crippen LogP contribution is -2.37. The van der Waals surface area contributed by atoms with Crippen LogP contribution in [0.4, 0.5) is 8.78 Å². The molecular formula is C20H32F2IN3O4. The molecule has 0 atom stereocenters. The highest BCUT2D eigenvalue weighted by molar-refractivity contribution is 14.0. The molecule has 0 heterocycles. The number of nitrogens with one attached hydrogen (secondary N) is 2. The molecule has 7 nitrogen and oxygen atoms in total. The molecule has 1 rings (SSSR count). The molecule has 0 fully saturated rings. The van der Waals surface area contributed by atoms with Crippen LogP contribution < -0.4 is 20.1 Å². The van der Waals surface area contributed by atoms with Crippen LogP contribution in [0, 0.1) is 0 Å². The maximum absolute atomic E-state index is 12.8. The summed E-state index contributed by atoms with van der Waals surface area (Å²) in [6.07, 6.45) is 2.92. The zero-order chi connectivity index (χ0) is 21.5. The Morgan fingerprint density at radius 3 is 2.57 bits per heavy atom. The number of ether oxygens (including phenoxy) is 3. The van der Waals surface area contributed by atoms with Crippen LogP contribution in [-0.4, -0.2) is 45.3 Å². The fourth-order valence-corrected chi connectivity index (χ4v) is 2.56. The van der Waals surface area contributed by atoms with Crippen molar-refractivity contribution in [1.29, 1.82) is 0 Å². The highest BCUT2D eigenvalue weighted by atomic mass is 127. The van der Waals surface area contributed by atoms with Crippen LogP contribution in [0.1, 0.15) is 45.1 Å². The van der Waals surface area contributed by atoms with Gasteiger partial charge in [-0.3, -0.25) is 4.79 Å². The second-order valence-electron chi connectivity index (χ2n) is 6.06. The molecule has 0 aromatic heterocycles. The summed E-state index contributed by atoms with van der Waals surface area (Å²) in [5, 5.41) is 6.31. The van der Waals surface area contributed by atoms with E-state index in [1.54, 1.807) is 25.1 Å². The lowest BCUT2D eigenvalue weighted by atomic mass is 10.2. The third-order valence-corrected chi connectivity index (χ3v) is 3.90. The first-order valence-corrected chi connectivity index (χ1v) is 9.80. The lowest BCUT2D eigenvalue weighted by Gasteiger charge is -2.15. The Balaban J connectivity index is 0.00000841. The average molecular weight is 543 g/mol. The van der Waals surface area contributed by atoms with E-state index in [0.29, 0.717) is 37.6 Å². The number of nitrogens with zero attached hydrogens (tertiary/aromatic N) is 1. The summed E-state index contributed by atoms with van der Waals surface area (Å²) in [6, 6.07) is 4.99. The first-order valence-electron chi connectivity index (χ1n) is 9.80. The van der Waals surface area contributed by atoms with E-state index >= 15 is 0 Å². The first kappa shape index (κ1) is 28.1. The van der Waals surface area contributed by atoms with Gasteiger partial charge in [0.25, 0.3) is 0 Å². The van der Waals surface area contributed by atoms with Crippen molar-refractivity contribution in [3.05, 3.63) is 23.8 Å². The molecule has 0 aliphatic carbocycles. The number of guanidine groups is 1. The number of methoxy groups -OCH3 is 1. The Bertz CT molecular complexity index is 648. The molecule has 0 saturated heterocycles. The molecule has 1 aromatic rings. The van der Waals surface area contributed by atoms with Crippen LogP contribution in [0.25, 0.3) is 0 Å². The predicted octanol–water partition coefficient (Wildman–Crippen LogP) is 4.09. The zero-order valence-corrected chi connectivity index (χ0v) is 20.0. The minimum atomic E-state index is -2.95. The van der Waals surface area contributed by atoms with E-state index in [1.807, 2.05) is 6.92 Å². The Kier molecular flexibility index (Phi) is 15.9. The molecule has 0 aliphatic heterocycles. The molecule has 0 bridgehead atoms. The van der Waals surface area contributed by atoms with Gasteiger partial charge in [0, 0.05) is 25.1 Å². The molecule has 0 amide bonds. The summed E-state index contributed by atoms with van der Waals surface area (Å²) >= 11 is 0. The number of alkyl halides is 2. The van der Waals surface area contributed by atoms with E-state index in [2.05, 4.69) is 25.1 Å². The van der Waals surface area contributed by atoms with Crippen LogP contribution in [-0.2, 0) is 16.1 Å². The fraction of sp³-hybridized carbons (Fsp3) is 0.600. The van der Waals surface area contributed by atoms with Gasteiger partial charge in [0.05, 0.1) is 20.3 Å². The van der Waals surface area contributed by atoms with Crippen molar-refractivity contribution in [3.63, 3.8) is 0 Å². The fourth-order valence-electron chi connectivity index (χ4n) is 2.56. The molecule has 172 valence electrons. The maximum Gasteiger partial charge on any atom is 0.387 e. The largest absolute Gasteiger partial charge is 0.490 e. The highest BCUT2D eigenvalue weighted by Gasteiger charge is 2.15. The summed E-state index contributed by atoms with van der Waals surface area (Å²) in [5.41, 5.74) is 0.506. The Morgan fingerprint density at radius 2 is 1.93 bits per heavy atom. The minimum absolute atomic E-state index is 0. The van der Waals surface area contributed by atoms with Crippen LogP contribution in [0.3, 0.4) is 0 Å². The molecule has 1 aromatic carbocycles. The number of halogens is 3. The van der Waals surface area contributed by atoms with E-state index in [4.69, 9.17) is 4.74 Å². The topological polar surface area (TPSA) is 81.2 Å². The average Bonchev–Trinajstić information content (AvgIpc) is 2.70. The molecule has 0 radical (unpaired) electrons. The summed E-state index contributed by atoms with van der Waals surface area (Å²) in [7, 11) is 1.38. The van der Waals surface area contributed by atoms with Gasteiger partial charge in [-0.05, 0) is 32.8 Å². The second-order valence-corrected chi connectivity index (χ2v) is 6.06. The number of rotatable bonds is 13. The van der Waals surface area contributed by atoms with Crippen LogP contribution in [0.5, 0.6) is 11.5 Å². The molecular weight excluding hydrogens is 511 g/mol. The van der Waals surface area contributed by atoms with E-state index < -0.39 is 6.61 Å². The maximum atomic E-state index is 12.8. The summed E-state index contributed by atoms with van der Waals surface area (Å²) < 4.78 is 40.3. The third-order valence-electron chi connectivity index (χ3n) is 3.90. The second kappa shape index (κ2) is 16.9. The molecule has 0 saturated carbocycles. The number of aliphatic imine (C=N–C) groups is 1. The number of unbranched alkanes of at least 4 members (excludes halogenated alkanes) is 2. The standard InChI is InChI=1S/C20H31F2N3O4.HI/c1-4-23-20(24-13-8-6-7-12-17(26)27-3)25-14-15-10-9-11-16(28-5-2)18(15)29-19(21)22;/h9-11,19H,4-8,12-14H2,1-3H3,(H2,23,24,25);1H. The number of carbonyl (C=O) groups excluding carboxylic acids is 1. The van der Waals surface area contributed by atoms with E-state index in [9.17, 15) is 13.6 Å². The Labute approximate surface area is 194 Å². The first-order chi connectivity index (χ1) is 14.0. The summed E-state index contributed by atoms with van der Waals surface area (Å²) in [4.78, 5) is 15.5. The van der Waals surface area contributed by atoms with Crippen molar-refractivity contribution >= 4 is 35.9 Å². The predicted molar refractivity (Wildman–Crippen MR) is 123 cm³/mol. The molecule has 10 heteroatoms. The molecule has 2 N–H and O–H groups in total. The summed E-state index contributed by atoms with van der Waals surface area (Å²) in [5.74, 6) is 0.644. The molecule has 0 spiro atoms. The van der Waals surface area contributed by atoms with E-state index in [1.165, 1.54) is 7.11 Å². The van der Waals surface area contributed by atoms with Crippen LogP contribution in [0.2, 0.25) is 0 Å². The summed E-state index contributed by atoms with van der Waals surface area (Å²) in [6.45, 7) is 2.59. The van der Waals surface area contributed by atoms with Gasteiger partial charge in [0.2, 0.25) is 0 Å². The SMILES string of the molecule is CCNC(=NCc1cccc(OCC)c1OC(F)F)NCCCCCC(=O)OC.I. The van der Waals surface area contributed by atoms with Crippen molar-refractivity contribution in [2.45, 2.75) is 52.7 Å². The monoisotopic (exact) mass is 543 g/mol. The third kappa shape index (κ3) is 11.4. The Hall–Kier alpha value is -1.85. The lowest BCUT2D eigenvalue weighted by molar-refractivity contribution is -0.140. The number of hydrogen-bond acceptors (Lipinski definition) is 5. The number of hydrogen-bond donors (Lipinski definition) is 2. The smallest absolute Gasteiger partial charge is 0.387 e. The van der Waals surface area contributed by atoms with Crippen molar-refractivity contribution in [1.82, 2.24) is 10.6 Å². The van der Waals surface area contributed by atoms with Crippen molar-refractivity contribution in [3.8, 4) is 11.5 Å². The van der Waals surface area contributed by atoms with Crippen molar-refractivity contribution in [2.75, 3.05) is 26.8 Å². The van der Waals surface area contributed by atoms with Gasteiger partial charge in [-0.25, -0.2) is 4.99 Å². The van der Waals surface area contributed by atoms with Crippen molar-refractivity contribution < 1.29 is 27.8 Å².